The molecule has 2 aromatic heterocycles. The fourth-order valence-corrected chi connectivity index (χ4v) is 3.52. The number of pyridine rings is 1. The number of aromatic nitrogens is 4. The van der Waals surface area contributed by atoms with Crippen LogP contribution >= 0.6 is 0 Å². The fourth-order valence-electron chi connectivity index (χ4n) is 3.52. The summed E-state index contributed by atoms with van der Waals surface area (Å²) in [6, 6.07) is 3.78. The first-order valence-corrected chi connectivity index (χ1v) is 7.91. The summed E-state index contributed by atoms with van der Waals surface area (Å²) in [6.45, 7) is 2.96. The van der Waals surface area contributed by atoms with Crippen molar-refractivity contribution >= 4 is 17.3 Å². The number of nitrogen functional groups attached to an aromatic ring is 2. The smallest absolute Gasteiger partial charge is 0.149 e. The summed E-state index contributed by atoms with van der Waals surface area (Å²) in [5.74, 6) is 4.00. The van der Waals surface area contributed by atoms with Crippen LogP contribution in [0.1, 0.15) is 36.8 Å². The maximum atomic E-state index is 5.84. The number of aryl methyl sites for hydroxylation is 1. The number of piperidine rings is 1. The van der Waals surface area contributed by atoms with E-state index in [2.05, 4.69) is 24.6 Å². The summed E-state index contributed by atoms with van der Waals surface area (Å²) in [7, 11) is 0. The topological polar surface area (TPSA) is 98.9 Å². The standard InChI is InChI=1S/C15H21N7/c16-11-5-6-12(18-14(11)17)21-7-1-3-10(9-21)15-20-19-13-4-2-8-22(13)15/h5-6,10H,1-4,7-9,16H2,(H2,17,18). The molecule has 0 aliphatic carbocycles. The second-order valence-corrected chi connectivity index (χ2v) is 6.16. The fraction of sp³-hybridized carbons (Fsp3) is 0.533. The Morgan fingerprint density at radius 1 is 1.09 bits per heavy atom. The molecule has 1 atom stereocenters. The molecule has 116 valence electrons. The molecule has 2 aliphatic heterocycles. The maximum Gasteiger partial charge on any atom is 0.149 e. The first-order chi connectivity index (χ1) is 10.7. The van der Waals surface area contributed by atoms with Crippen molar-refractivity contribution in [2.45, 2.75) is 38.1 Å². The molecule has 0 amide bonds. The number of hydrogen-bond acceptors (Lipinski definition) is 6. The van der Waals surface area contributed by atoms with Crippen LogP contribution in [0.5, 0.6) is 0 Å². The van der Waals surface area contributed by atoms with Gasteiger partial charge in [-0.15, -0.1) is 10.2 Å². The molecule has 2 aromatic rings. The van der Waals surface area contributed by atoms with Gasteiger partial charge in [0, 0.05) is 32.0 Å². The van der Waals surface area contributed by atoms with Gasteiger partial charge in [-0.2, -0.15) is 0 Å². The van der Waals surface area contributed by atoms with E-state index in [0.29, 0.717) is 17.4 Å². The van der Waals surface area contributed by atoms with Gasteiger partial charge in [-0.05, 0) is 31.4 Å². The summed E-state index contributed by atoms with van der Waals surface area (Å²) in [5.41, 5.74) is 12.1. The van der Waals surface area contributed by atoms with E-state index in [1.54, 1.807) is 0 Å². The highest BCUT2D eigenvalue weighted by molar-refractivity contribution is 5.62. The SMILES string of the molecule is Nc1ccc(N2CCCC(c3nnc4n3CCC4)C2)nc1N. The van der Waals surface area contributed by atoms with Crippen molar-refractivity contribution in [2.75, 3.05) is 29.5 Å². The molecule has 0 aromatic carbocycles. The van der Waals surface area contributed by atoms with Gasteiger partial charge in [0.1, 0.15) is 23.3 Å². The Bertz CT molecular complexity index is 693. The van der Waals surface area contributed by atoms with Gasteiger partial charge in [0.05, 0.1) is 5.69 Å². The van der Waals surface area contributed by atoms with Crippen molar-refractivity contribution in [3.8, 4) is 0 Å². The lowest BCUT2D eigenvalue weighted by Crippen LogP contribution is -2.36. The van der Waals surface area contributed by atoms with Gasteiger partial charge < -0.3 is 20.9 Å². The molecule has 0 spiro atoms. The second-order valence-electron chi connectivity index (χ2n) is 6.16. The minimum absolute atomic E-state index is 0.406. The normalized spacial score (nSPS) is 21.1. The van der Waals surface area contributed by atoms with Crippen LogP contribution < -0.4 is 16.4 Å². The number of nitrogens with zero attached hydrogens (tertiary/aromatic N) is 5. The van der Waals surface area contributed by atoms with Crippen LogP contribution in [0, 0.1) is 0 Å². The molecule has 7 heteroatoms. The molecule has 0 saturated carbocycles. The molecule has 4 heterocycles. The molecule has 1 fully saturated rings. The van der Waals surface area contributed by atoms with Gasteiger partial charge in [-0.1, -0.05) is 0 Å². The van der Waals surface area contributed by atoms with Crippen LogP contribution in [0.15, 0.2) is 12.1 Å². The van der Waals surface area contributed by atoms with Gasteiger partial charge in [0.2, 0.25) is 0 Å². The predicted octanol–water partition coefficient (Wildman–Crippen LogP) is 1.17. The third kappa shape index (κ3) is 2.17. The average molecular weight is 299 g/mol. The minimum atomic E-state index is 0.406. The maximum absolute atomic E-state index is 5.84. The zero-order valence-electron chi connectivity index (χ0n) is 12.6. The molecular weight excluding hydrogens is 278 g/mol. The van der Waals surface area contributed by atoms with Crippen molar-refractivity contribution in [3.05, 3.63) is 23.8 Å². The lowest BCUT2D eigenvalue weighted by molar-refractivity contribution is 0.471. The highest BCUT2D eigenvalue weighted by Crippen LogP contribution is 2.31. The Balaban J connectivity index is 1.57. The molecule has 2 aliphatic rings. The Labute approximate surface area is 129 Å². The zero-order valence-corrected chi connectivity index (χ0v) is 12.6. The van der Waals surface area contributed by atoms with Crippen LogP contribution in [0.2, 0.25) is 0 Å². The lowest BCUT2D eigenvalue weighted by Gasteiger charge is -2.33. The number of nitrogens with two attached hydrogens (primary N) is 2. The molecule has 4 rings (SSSR count). The Kier molecular flexibility index (Phi) is 3.13. The largest absolute Gasteiger partial charge is 0.396 e. The van der Waals surface area contributed by atoms with Crippen LogP contribution in [-0.4, -0.2) is 32.8 Å². The summed E-state index contributed by atoms with van der Waals surface area (Å²) >= 11 is 0. The third-order valence-electron chi connectivity index (χ3n) is 4.69. The molecule has 4 N–H and O–H groups in total. The average Bonchev–Trinajstić information content (AvgIpc) is 3.13. The van der Waals surface area contributed by atoms with Crippen molar-refractivity contribution in [1.82, 2.24) is 19.7 Å². The van der Waals surface area contributed by atoms with Crippen molar-refractivity contribution in [3.63, 3.8) is 0 Å². The Morgan fingerprint density at radius 3 is 2.86 bits per heavy atom. The van der Waals surface area contributed by atoms with E-state index in [-0.39, 0.29) is 0 Å². The van der Waals surface area contributed by atoms with Crippen molar-refractivity contribution in [1.29, 1.82) is 0 Å². The second kappa shape index (κ2) is 5.15. The van der Waals surface area contributed by atoms with Crippen molar-refractivity contribution < 1.29 is 0 Å². The molecule has 7 nitrogen and oxygen atoms in total. The van der Waals surface area contributed by atoms with Crippen LogP contribution in [-0.2, 0) is 13.0 Å². The van der Waals surface area contributed by atoms with Gasteiger partial charge in [0.15, 0.2) is 0 Å². The minimum Gasteiger partial charge on any atom is -0.396 e. The lowest BCUT2D eigenvalue weighted by atomic mass is 9.97. The van der Waals surface area contributed by atoms with E-state index < -0.39 is 0 Å². The molecule has 0 bridgehead atoms. The molecule has 0 radical (unpaired) electrons. The van der Waals surface area contributed by atoms with E-state index in [0.717, 1.165) is 56.4 Å². The van der Waals surface area contributed by atoms with E-state index >= 15 is 0 Å². The third-order valence-corrected chi connectivity index (χ3v) is 4.69. The van der Waals surface area contributed by atoms with Crippen LogP contribution in [0.3, 0.4) is 0 Å². The van der Waals surface area contributed by atoms with E-state index in [1.165, 1.54) is 6.42 Å². The van der Waals surface area contributed by atoms with Crippen molar-refractivity contribution in [2.24, 2.45) is 0 Å². The quantitative estimate of drug-likeness (QED) is 0.863. The zero-order chi connectivity index (χ0) is 15.1. The number of fused-ring (bicyclic) bond motifs is 1. The molecule has 1 unspecified atom stereocenters. The van der Waals surface area contributed by atoms with E-state index in [1.807, 2.05) is 12.1 Å². The molecule has 22 heavy (non-hydrogen) atoms. The summed E-state index contributed by atoms with van der Waals surface area (Å²) in [6.07, 6.45) is 4.52. The first kappa shape index (κ1) is 13.4. The monoisotopic (exact) mass is 299 g/mol. The van der Waals surface area contributed by atoms with Gasteiger partial charge in [0.25, 0.3) is 0 Å². The predicted molar refractivity (Wildman–Crippen MR) is 85.6 cm³/mol. The van der Waals surface area contributed by atoms with Crippen LogP contribution in [0.25, 0.3) is 0 Å². The molecule has 1 saturated heterocycles. The van der Waals surface area contributed by atoms with E-state index in [9.17, 15) is 0 Å². The summed E-state index contributed by atoms with van der Waals surface area (Å²) in [4.78, 5) is 6.70. The van der Waals surface area contributed by atoms with Gasteiger partial charge in [-0.3, -0.25) is 0 Å². The van der Waals surface area contributed by atoms with E-state index in [4.69, 9.17) is 11.5 Å². The summed E-state index contributed by atoms with van der Waals surface area (Å²) in [5, 5.41) is 8.78. The van der Waals surface area contributed by atoms with Crippen LogP contribution in [0.4, 0.5) is 17.3 Å². The number of hydrogen-bond donors (Lipinski definition) is 2. The number of anilines is 3. The van der Waals surface area contributed by atoms with Gasteiger partial charge in [-0.25, -0.2) is 4.98 Å². The Morgan fingerprint density at radius 2 is 2.00 bits per heavy atom. The first-order valence-electron chi connectivity index (χ1n) is 7.91. The molecular formula is C15H21N7. The highest BCUT2D eigenvalue weighted by atomic mass is 15.3. The Hall–Kier alpha value is -2.31. The number of rotatable bonds is 2. The summed E-state index contributed by atoms with van der Waals surface area (Å²) < 4.78 is 2.30. The van der Waals surface area contributed by atoms with Gasteiger partial charge >= 0.3 is 0 Å². The highest BCUT2D eigenvalue weighted by Gasteiger charge is 2.28.